The van der Waals surface area contributed by atoms with E-state index in [0.29, 0.717) is 13.1 Å². The van der Waals surface area contributed by atoms with Gasteiger partial charge in [-0.1, -0.05) is 0 Å². The van der Waals surface area contributed by atoms with Gasteiger partial charge in [0.15, 0.2) is 6.04 Å². The SMILES string of the molecule is COC(=O)[C@@H](C)[N+]1([O-])CCCCC1. The molecule has 0 aliphatic carbocycles. The molecule has 1 rings (SSSR count). The fourth-order valence-electron chi connectivity index (χ4n) is 1.80. The number of ether oxygens (including phenoxy) is 1. The Kier molecular flexibility index (Phi) is 3.27. The molecule has 0 unspecified atom stereocenters. The minimum atomic E-state index is -0.565. The summed E-state index contributed by atoms with van der Waals surface area (Å²) in [6, 6.07) is -0.565. The van der Waals surface area contributed by atoms with Gasteiger partial charge in [0.05, 0.1) is 20.2 Å². The number of piperidine rings is 1. The third-order valence-corrected chi connectivity index (χ3v) is 2.82. The first kappa shape index (κ1) is 10.5. The maximum atomic E-state index is 12.1. The van der Waals surface area contributed by atoms with Crippen molar-refractivity contribution in [3.63, 3.8) is 0 Å². The zero-order valence-electron chi connectivity index (χ0n) is 8.28. The fraction of sp³-hybridized carbons (Fsp3) is 0.889. The largest absolute Gasteiger partial charge is 0.632 e. The molecule has 0 spiro atoms. The van der Waals surface area contributed by atoms with E-state index in [1.807, 2.05) is 0 Å². The van der Waals surface area contributed by atoms with Gasteiger partial charge in [0, 0.05) is 0 Å². The Labute approximate surface area is 78.6 Å². The summed E-state index contributed by atoms with van der Waals surface area (Å²) in [6.07, 6.45) is 2.95. The van der Waals surface area contributed by atoms with Gasteiger partial charge in [-0.15, -0.1) is 0 Å². The van der Waals surface area contributed by atoms with Crippen LogP contribution in [0, 0.1) is 5.21 Å². The van der Waals surface area contributed by atoms with Gasteiger partial charge in [0.1, 0.15) is 0 Å². The van der Waals surface area contributed by atoms with E-state index < -0.39 is 16.7 Å². The third kappa shape index (κ3) is 2.19. The van der Waals surface area contributed by atoms with Crippen molar-refractivity contribution in [3.05, 3.63) is 5.21 Å². The number of quaternary nitrogens is 1. The van der Waals surface area contributed by atoms with Gasteiger partial charge in [0.25, 0.3) is 0 Å². The average molecular weight is 187 g/mol. The van der Waals surface area contributed by atoms with E-state index in [4.69, 9.17) is 0 Å². The number of methoxy groups -OCH3 is 1. The molecule has 1 aliphatic heterocycles. The number of nitrogens with zero attached hydrogens (tertiary/aromatic N) is 1. The van der Waals surface area contributed by atoms with Crippen molar-refractivity contribution in [3.8, 4) is 0 Å². The number of rotatable bonds is 2. The molecule has 1 saturated heterocycles. The number of hydrogen-bond donors (Lipinski definition) is 0. The predicted molar refractivity (Wildman–Crippen MR) is 48.7 cm³/mol. The molecule has 76 valence electrons. The summed E-state index contributed by atoms with van der Waals surface area (Å²) < 4.78 is 4.18. The van der Waals surface area contributed by atoms with Crippen LogP contribution in [0.2, 0.25) is 0 Å². The summed E-state index contributed by atoms with van der Waals surface area (Å²) >= 11 is 0. The molecule has 4 nitrogen and oxygen atoms in total. The highest BCUT2D eigenvalue weighted by atomic mass is 16.6. The third-order valence-electron chi connectivity index (χ3n) is 2.82. The Morgan fingerprint density at radius 2 is 1.92 bits per heavy atom. The van der Waals surface area contributed by atoms with Crippen molar-refractivity contribution in [1.82, 2.24) is 0 Å². The lowest BCUT2D eigenvalue weighted by Crippen LogP contribution is -2.55. The molecule has 0 aromatic carbocycles. The number of hydroxylamine groups is 3. The molecule has 1 aliphatic rings. The van der Waals surface area contributed by atoms with Crippen LogP contribution in [0.1, 0.15) is 26.2 Å². The molecule has 4 heteroatoms. The van der Waals surface area contributed by atoms with Crippen molar-refractivity contribution in [2.75, 3.05) is 20.2 Å². The standard InChI is InChI=1S/C9H17NO3/c1-8(9(11)13-2)10(12)6-4-3-5-7-10/h8H,3-7H2,1-2H3/t8-/m1/s1. The van der Waals surface area contributed by atoms with E-state index in [1.165, 1.54) is 7.11 Å². The Hall–Kier alpha value is -0.610. The first-order chi connectivity index (χ1) is 6.10. The Bertz CT molecular complexity index is 187. The first-order valence-electron chi connectivity index (χ1n) is 4.76. The zero-order valence-corrected chi connectivity index (χ0v) is 8.28. The molecule has 1 atom stereocenters. The van der Waals surface area contributed by atoms with E-state index in [0.717, 1.165) is 19.3 Å². The number of esters is 1. The van der Waals surface area contributed by atoms with Crippen molar-refractivity contribution in [2.24, 2.45) is 0 Å². The minimum absolute atomic E-state index is 0.392. The molecule has 0 bridgehead atoms. The maximum absolute atomic E-state index is 12.1. The lowest BCUT2D eigenvalue weighted by atomic mass is 10.1. The molecule has 0 amide bonds. The van der Waals surface area contributed by atoms with Gasteiger partial charge in [-0.2, -0.15) is 0 Å². The Morgan fingerprint density at radius 3 is 2.38 bits per heavy atom. The number of likely N-dealkylation sites (tertiary alicyclic amines) is 1. The Morgan fingerprint density at radius 1 is 1.38 bits per heavy atom. The van der Waals surface area contributed by atoms with E-state index >= 15 is 0 Å². The quantitative estimate of drug-likeness (QED) is 0.369. The van der Waals surface area contributed by atoms with Crippen LogP contribution in [-0.4, -0.2) is 36.9 Å². The predicted octanol–water partition coefficient (Wildman–Crippen LogP) is 1.05. The normalized spacial score (nSPS) is 23.6. The molecule has 0 aromatic heterocycles. The molecular formula is C9H17NO3. The van der Waals surface area contributed by atoms with Crippen LogP contribution in [0.4, 0.5) is 0 Å². The van der Waals surface area contributed by atoms with Crippen molar-refractivity contribution in [1.29, 1.82) is 0 Å². The molecule has 13 heavy (non-hydrogen) atoms. The van der Waals surface area contributed by atoms with Crippen molar-refractivity contribution in [2.45, 2.75) is 32.2 Å². The van der Waals surface area contributed by atoms with Crippen LogP contribution in [0.15, 0.2) is 0 Å². The van der Waals surface area contributed by atoms with Gasteiger partial charge >= 0.3 is 5.97 Å². The first-order valence-corrected chi connectivity index (χ1v) is 4.76. The number of hydrogen-bond acceptors (Lipinski definition) is 3. The summed E-state index contributed by atoms with van der Waals surface area (Å²) in [4.78, 5) is 11.2. The summed E-state index contributed by atoms with van der Waals surface area (Å²) in [5, 5.41) is 12.1. The second-order valence-electron chi connectivity index (χ2n) is 3.66. The second kappa shape index (κ2) is 4.07. The zero-order chi connectivity index (χ0) is 9.90. The van der Waals surface area contributed by atoms with Crippen LogP contribution >= 0.6 is 0 Å². The molecular weight excluding hydrogens is 170 g/mol. The molecule has 1 fully saturated rings. The monoisotopic (exact) mass is 187 g/mol. The van der Waals surface area contributed by atoms with Crippen LogP contribution in [0.3, 0.4) is 0 Å². The van der Waals surface area contributed by atoms with Crippen molar-refractivity contribution < 1.29 is 14.2 Å². The highest BCUT2D eigenvalue weighted by molar-refractivity contribution is 5.73. The molecule has 0 radical (unpaired) electrons. The molecule has 1 heterocycles. The van der Waals surface area contributed by atoms with Crippen molar-refractivity contribution >= 4 is 5.97 Å². The highest BCUT2D eigenvalue weighted by Gasteiger charge is 2.33. The average Bonchev–Trinajstić information content (AvgIpc) is 2.16. The lowest BCUT2D eigenvalue weighted by molar-refractivity contribution is -0.899. The summed E-state index contributed by atoms with van der Waals surface area (Å²) in [7, 11) is 1.33. The molecule has 0 aromatic rings. The Balaban J connectivity index is 2.61. The topological polar surface area (TPSA) is 49.4 Å². The lowest BCUT2D eigenvalue weighted by Gasteiger charge is -2.48. The van der Waals surface area contributed by atoms with Gasteiger partial charge in [-0.25, -0.2) is 4.79 Å². The number of carbonyl (C=O) groups excluding carboxylic acids is 1. The van der Waals surface area contributed by atoms with Crippen LogP contribution in [-0.2, 0) is 9.53 Å². The van der Waals surface area contributed by atoms with Gasteiger partial charge < -0.3 is 14.6 Å². The van der Waals surface area contributed by atoms with E-state index in [1.54, 1.807) is 6.92 Å². The summed E-state index contributed by atoms with van der Waals surface area (Å²) in [6.45, 7) is 2.76. The van der Waals surface area contributed by atoms with E-state index in [2.05, 4.69) is 4.74 Å². The minimum Gasteiger partial charge on any atom is -0.632 e. The van der Waals surface area contributed by atoms with Crippen LogP contribution in [0.25, 0.3) is 0 Å². The smallest absolute Gasteiger partial charge is 0.364 e. The van der Waals surface area contributed by atoms with E-state index in [9.17, 15) is 10.0 Å². The van der Waals surface area contributed by atoms with E-state index in [-0.39, 0.29) is 0 Å². The highest BCUT2D eigenvalue weighted by Crippen LogP contribution is 2.21. The van der Waals surface area contributed by atoms with Crippen LogP contribution < -0.4 is 0 Å². The summed E-state index contributed by atoms with van der Waals surface area (Å²) in [5.41, 5.74) is 0. The molecule has 0 saturated carbocycles. The summed E-state index contributed by atoms with van der Waals surface area (Å²) in [5.74, 6) is -0.392. The fourth-order valence-corrected chi connectivity index (χ4v) is 1.80. The second-order valence-corrected chi connectivity index (χ2v) is 3.66. The maximum Gasteiger partial charge on any atom is 0.364 e. The van der Waals surface area contributed by atoms with Crippen LogP contribution in [0.5, 0.6) is 0 Å². The van der Waals surface area contributed by atoms with Gasteiger partial charge in [-0.05, 0) is 26.2 Å². The number of carbonyl (C=O) groups is 1. The van der Waals surface area contributed by atoms with Gasteiger partial charge in [0.2, 0.25) is 0 Å². The van der Waals surface area contributed by atoms with Gasteiger partial charge in [-0.3, -0.25) is 0 Å². The molecule has 0 N–H and O–H groups in total.